The largest absolute Gasteiger partial charge is 0.492 e. The predicted molar refractivity (Wildman–Crippen MR) is 86.4 cm³/mol. The van der Waals surface area contributed by atoms with Crippen molar-refractivity contribution in [3.05, 3.63) is 52.6 Å². The third kappa shape index (κ3) is 4.53. The van der Waals surface area contributed by atoms with Gasteiger partial charge < -0.3 is 10.1 Å². The molecule has 3 nitrogen and oxygen atoms in total. The molecule has 4 heteroatoms. The lowest BCUT2D eigenvalue weighted by molar-refractivity contribution is 0.313. The highest BCUT2D eigenvalue weighted by molar-refractivity contribution is 9.10. The number of halogens is 1. The standard InChI is InChI=1S/C16H19BrN2O/c1-2-13-7-8-15(14(17)12-13)20-11-5-10-19-16-6-3-4-9-18-16/h3-4,6-9,12H,2,5,10-11H2,1H3,(H,18,19). The number of nitrogens with zero attached hydrogens (tertiary/aromatic N) is 1. The van der Waals surface area contributed by atoms with Gasteiger partial charge in [-0.1, -0.05) is 19.1 Å². The Morgan fingerprint density at radius 3 is 2.85 bits per heavy atom. The van der Waals surface area contributed by atoms with Gasteiger partial charge in [0.15, 0.2) is 0 Å². The predicted octanol–water partition coefficient (Wildman–Crippen LogP) is 4.29. The number of nitrogens with one attached hydrogen (secondary N) is 1. The molecule has 0 spiro atoms. The number of rotatable bonds is 7. The van der Waals surface area contributed by atoms with Gasteiger partial charge in [-0.3, -0.25) is 0 Å². The number of hydrogen-bond acceptors (Lipinski definition) is 3. The van der Waals surface area contributed by atoms with E-state index < -0.39 is 0 Å². The molecule has 1 N–H and O–H groups in total. The quantitative estimate of drug-likeness (QED) is 0.767. The summed E-state index contributed by atoms with van der Waals surface area (Å²) in [5.41, 5.74) is 1.31. The summed E-state index contributed by atoms with van der Waals surface area (Å²) in [6.07, 6.45) is 3.75. The van der Waals surface area contributed by atoms with Gasteiger partial charge in [-0.2, -0.15) is 0 Å². The van der Waals surface area contributed by atoms with Gasteiger partial charge in [0, 0.05) is 12.7 Å². The van der Waals surface area contributed by atoms with E-state index >= 15 is 0 Å². The van der Waals surface area contributed by atoms with Crippen molar-refractivity contribution >= 4 is 21.7 Å². The third-order valence-corrected chi connectivity index (χ3v) is 3.57. The summed E-state index contributed by atoms with van der Waals surface area (Å²) in [7, 11) is 0. The van der Waals surface area contributed by atoms with Gasteiger partial charge in [0.25, 0.3) is 0 Å². The zero-order valence-corrected chi connectivity index (χ0v) is 13.2. The van der Waals surface area contributed by atoms with E-state index in [0.717, 1.165) is 35.4 Å². The third-order valence-electron chi connectivity index (χ3n) is 2.95. The maximum absolute atomic E-state index is 5.77. The molecule has 2 rings (SSSR count). The lowest BCUT2D eigenvalue weighted by Crippen LogP contribution is -2.08. The Balaban J connectivity index is 1.71. The number of pyridine rings is 1. The van der Waals surface area contributed by atoms with Crippen molar-refractivity contribution < 1.29 is 4.74 Å². The van der Waals surface area contributed by atoms with Crippen molar-refractivity contribution in [1.82, 2.24) is 4.98 Å². The smallest absolute Gasteiger partial charge is 0.133 e. The van der Waals surface area contributed by atoms with Crippen LogP contribution in [0.25, 0.3) is 0 Å². The average Bonchev–Trinajstić information content (AvgIpc) is 2.49. The zero-order valence-electron chi connectivity index (χ0n) is 11.6. The molecule has 0 amide bonds. The van der Waals surface area contributed by atoms with Gasteiger partial charge in [-0.05, 0) is 58.6 Å². The monoisotopic (exact) mass is 334 g/mol. The summed E-state index contributed by atoms with van der Waals surface area (Å²) in [6, 6.07) is 12.1. The van der Waals surface area contributed by atoms with Crippen molar-refractivity contribution in [2.75, 3.05) is 18.5 Å². The summed E-state index contributed by atoms with van der Waals surface area (Å²) >= 11 is 3.54. The molecular weight excluding hydrogens is 316 g/mol. The van der Waals surface area contributed by atoms with E-state index in [0.29, 0.717) is 6.61 Å². The number of ether oxygens (including phenoxy) is 1. The molecule has 0 radical (unpaired) electrons. The summed E-state index contributed by atoms with van der Waals surface area (Å²) in [5, 5.41) is 3.26. The molecule has 0 fully saturated rings. The number of aromatic nitrogens is 1. The van der Waals surface area contributed by atoms with Crippen LogP contribution in [0.2, 0.25) is 0 Å². The Labute approximate surface area is 128 Å². The summed E-state index contributed by atoms with van der Waals surface area (Å²) in [6.45, 7) is 3.68. The zero-order chi connectivity index (χ0) is 14.2. The molecule has 0 bridgehead atoms. The molecule has 0 aliphatic carbocycles. The van der Waals surface area contributed by atoms with Gasteiger partial charge in [0.1, 0.15) is 11.6 Å². The highest BCUT2D eigenvalue weighted by Crippen LogP contribution is 2.26. The molecule has 1 aromatic carbocycles. The first-order valence-corrected chi connectivity index (χ1v) is 7.65. The van der Waals surface area contributed by atoms with Crippen LogP contribution in [0.4, 0.5) is 5.82 Å². The molecule has 0 unspecified atom stereocenters. The van der Waals surface area contributed by atoms with Crippen LogP contribution in [0.1, 0.15) is 18.9 Å². The Hall–Kier alpha value is -1.55. The second kappa shape index (κ2) is 7.90. The minimum Gasteiger partial charge on any atom is -0.492 e. The topological polar surface area (TPSA) is 34.1 Å². The normalized spacial score (nSPS) is 10.3. The molecular formula is C16H19BrN2O. The number of hydrogen-bond donors (Lipinski definition) is 1. The van der Waals surface area contributed by atoms with Crippen molar-refractivity contribution in [1.29, 1.82) is 0 Å². The van der Waals surface area contributed by atoms with E-state index in [1.165, 1.54) is 5.56 Å². The molecule has 0 saturated heterocycles. The summed E-state index contributed by atoms with van der Waals surface area (Å²) < 4.78 is 6.79. The lowest BCUT2D eigenvalue weighted by Gasteiger charge is -2.10. The average molecular weight is 335 g/mol. The molecule has 106 valence electrons. The number of anilines is 1. The van der Waals surface area contributed by atoms with Crippen molar-refractivity contribution in [3.8, 4) is 5.75 Å². The van der Waals surface area contributed by atoms with Crippen molar-refractivity contribution in [2.45, 2.75) is 19.8 Å². The number of benzene rings is 1. The first kappa shape index (κ1) is 14.9. The molecule has 2 aromatic rings. The highest BCUT2D eigenvalue weighted by Gasteiger charge is 2.01. The van der Waals surface area contributed by atoms with Crippen LogP contribution in [-0.2, 0) is 6.42 Å². The van der Waals surface area contributed by atoms with E-state index in [2.05, 4.69) is 45.3 Å². The van der Waals surface area contributed by atoms with Crippen LogP contribution >= 0.6 is 15.9 Å². The van der Waals surface area contributed by atoms with Gasteiger partial charge >= 0.3 is 0 Å². The lowest BCUT2D eigenvalue weighted by atomic mass is 10.2. The Morgan fingerprint density at radius 2 is 2.15 bits per heavy atom. The van der Waals surface area contributed by atoms with Crippen LogP contribution in [-0.4, -0.2) is 18.1 Å². The van der Waals surface area contributed by atoms with E-state index in [-0.39, 0.29) is 0 Å². The molecule has 0 atom stereocenters. The highest BCUT2D eigenvalue weighted by atomic mass is 79.9. The molecule has 20 heavy (non-hydrogen) atoms. The van der Waals surface area contributed by atoms with Crippen molar-refractivity contribution in [2.24, 2.45) is 0 Å². The summed E-state index contributed by atoms with van der Waals surface area (Å²) in [4.78, 5) is 4.21. The van der Waals surface area contributed by atoms with E-state index in [1.807, 2.05) is 24.3 Å². The molecule has 0 aliphatic rings. The van der Waals surface area contributed by atoms with Gasteiger partial charge in [0.05, 0.1) is 11.1 Å². The van der Waals surface area contributed by atoms with Gasteiger partial charge in [0.2, 0.25) is 0 Å². The van der Waals surface area contributed by atoms with Crippen LogP contribution in [0.3, 0.4) is 0 Å². The second-order valence-corrected chi connectivity index (χ2v) is 5.32. The Bertz CT molecular complexity index is 531. The van der Waals surface area contributed by atoms with Gasteiger partial charge in [-0.15, -0.1) is 0 Å². The fourth-order valence-corrected chi connectivity index (χ4v) is 2.36. The Kier molecular flexibility index (Phi) is 5.87. The van der Waals surface area contributed by atoms with Crippen LogP contribution in [0.5, 0.6) is 5.75 Å². The van der Waals surface area contributed by atoms with E-state index in [1.54, 1.807) is 6.20 Å². The first-order chi connectivity index (χ1) is 9.79. The molecule has 0 aliphatic heterocycles. The molecule has 1 heterocycles. The van der Waals surface area contributed by atoms with Crippen LogP contribution in [0, 0.1) is 0 Å². The Morgan fingerprint density at radius 1 is 1.25 bits per heavy atom. The second-order valence-electron chi connectivity index (χ2n) is 4.46. The van der Waals surface area contributed by atoms with Crippen LogP contribution < -0.4 is 10.1 Å². The minimum atomic E-state index is 0.684. The maximum atomic E-state index is 5.77. The van der Waals surface area contributed by atoms with Crippen molar-refractivity contribution in [3.63, 3.8) is 0 Å². The summed E-state index contributed by atoms with van der Waals surface area (Å²) in [5.74, 6) is 1.81. The van der Waals surface area contributed by atoms with Gasteiger partial charge in [-0.25, -0.2) is 4.98 Å². The SMILES string of the molecule is CCc1ccc(OCCCNc2ccccn2)c(Br)c1. The molecule has 1 aromatic heterocycles. The maximum Gasteiger partial charge on any atom is 0.133 e. The fourth-order valence-electron chi connectivity index (χ4n) is 1.82. The number of aryl methyl sites for hydroxylation is 1. The van der Waals surface area contributed by atoms with Crippen LogP contribution in [0.15, 0.2) is 47.1 Å². The fraction of sp³-hybridized carbons (Fsp3) is 0.312. The van der Waals surface area contributed by atoms with E-state index in [9.17, 15) is 0 Å². The molecule has 0 saturated carbocycles. The first-order valence-electron chi connectivity index (χ1n) is 6.85. The minimum absolute atomic E-state index is 0.684. The van der Waals surface area contributed by atoms with E-state index in [4.69, 9.17) is 4.74 Å².